The molecule has 84 valence electrons. The van der Waals surface area contributed by atoms with Gasteiger partial charge in [-0.2, -0.15) is 11.8 Å². The smallest absolute Gasteiger partial charge is 0.0105 e. The molecule has 0 saturated heterocycles. The van der Waals surface area contributed by atoms with Crippen molar-refractivity contribution in [2.75, 3.05) is 32.1 Å². The predicted octanol–water partition coefficient (Wildman–Crippen LogP) is 1.80. The molecule has 3 heteroatoms. The fourth-order valence-corrected chi connectivity index (χ4v) is 2.89. The lowest BCUT2D eigenvalue weighted by molar-refractivity contribution is 0.185. The van der Waals surface area contributed by atoms with Gasteiger partial charge >= 0.3 is 0 Å². The SMILES string of the molecule is CSCCN(C)CC1(C)CCCC1N. The van der Waals surface area contributed by atoms with Gasteiger partial charge in [0.2, 0.25) is 0 Å². The molecular weight excluding hydrogens is 192 g/mol. The highest BCUT2D eigenvalue weighted by molar-refractivity contribution is 7.98. The first-order valence-electron chi connectivity index (χ1n) is 5.51. The summed E-state index contributed by atoms with van der Waals surface area (Å²) in [7, 11) is 2.21. The summed E-state index contributed by atoms with van der Waals surface area (Å²) in [4.78, 5) is 2.43. The summed E-state index contributed by atoms with van der Waals surface area (Å²) >= 11 is 1.91. The van der Waals surface area contributed by atoms with E-state index >= 15 is 0 Å². The fraction of sp³-hybridized carbons (Fsp3) is 1.00. The average molecular weight is 216 g/mol. The van der Waals surface area contributed by atoms with Gasteiger partial charge in [-0.25, -0.2) is 0 Å². The minimum atomic E-state index is 0.368. The van der Waals surface area contributed by atoms with Crippen LogP contribution in [0.25, 0.3) is 0 Å². The van der Waals surface area contributed by atoms with Crippen molar-refractivity contribution in [3.05, 3.63) is 0 Å². The summed E-state index contributed by atoms with van der Waals surface area (Å²) in [5.41, 5.74) is 6.53. The molecule has 0 spiro atoms. The molecule has 2 unspecified atom stereocenters. The molecule has 2 N–H and O–H groups in total. The van der Waals surface area contributed by atoms with Crippen molar-refractivity contribution in [2.24, 2.45) is 11.1 Å². The van der Waals surface area contributed by atoms with E-state index in [1.807, 2.05) is 11.8 Å². The van der Waals surface area contributed by atoms with E-state index in [1.54, 1.807) is 0 Å². The van der Waals surface area contributed by atoms with Crippen LogP contribution in [-0.2, 0) is 0 Å². The molecule has 0 aromatic rings. The van der Waals surface area contributed by atoms with Gasteiger partial charge in [-0.15, -0.1) is 0 Å². The number of rotatable bonds is 5. The molecule has 0 aromatic heterocycles. The predicted molar refractivity (Wildman–Crippen MR) is 65.8 cm³/mol. The molecule has 14 heavy (non-hydrogen) atoms. The molecule has 0 bridgehead atoms. The number of thioether (sulfide) groups is 1. The molecule has 2 nitrogen and oxygen atoms in total. The van der Waals surface area contributed by atoms with Gasteiger partial charge in [-0.1, -0.05) is 13.3 Å². The number of hydrogen-bond donors (Lipinski definition) is 1. The Bertz CT molecular complexity index is 175. The lowest BCUT2D eigenvalue weighted by Gasteiger charge is -2.33. The van der Waals surface area contributed by atoms with Crippen LogP contribution in [0.2, 0.25) is 0 Å². The zero-order chi connectivity index (χ0) is 10.6. The highest BCUT2D eigenvalue weighted by Crippen LogP contribution is 2.37. The van der Waals surface area contributed by atoms with E-state index < -0.39 is 0 Å². The van der Waals surface area contributed by atoms with Crippen molar-refractivity contribution in [1.82, 2.24) is 4.90 Å². The minimum Gasteiger partial charge on any atom is -0.327 e. The molecule has 1 rings (SSSR count). The summed E-state index contributed by atoms with van der Waals surface area (Å²) in [6.45, 7) is 4.69. The second-order valence-electron chi connectivity index (χ2n) is 4.88. The topological polar surface area (TPSA) is 29.3 Å². The third kappa shape index (κ3) is 3.14. The van der Waals surface area contributed by atoms with Crippen LogP contribution < -0.4 is 5.73 Å². The standard InChI is InChI=1S/C11H24N2S/c1-11(6-4-5-10(11)12)9-13(2)7-8-14-3/h10H,4-9,12H2,1-3H3. The fourth-order valence-electron chi connectivity index (χ4n) is 2.40. The third-order valence-corrected chi connectivity index (χ3v) is 4.06. The van der Waals surface area contributed by atoms with Crippen molar-refractivity contribution in [3.63, 3.8) is 0 Å². The van der Waals surface area contributed by atoms with Crippen LogP contribution in [0.3, 0.4) is 0 Å². The monoisotopic (exact) mass is 216 g/mol. The Morgan fingerprint density at radius 1 is 1.57 bits per heavy atom. The second-order valence-corrected chi connectivity index (χ2v) is 5.87. The Labute approximate surface area is 92.6 Å². The Morgan fingerprint density at radius 2 is 2.29 bits per heavy atom. The van der Waals surface area contributed by atoms with E-state index in [4.69, 9.17) is 5.73 Å². The van der Waals surface area contributed by atoms with Gasteiger partial charge in [0.15, 0.2) is 0 Å². The lowest BCUT2D eigenvalue weighted by Crippen LogP contribution is -2.43. The molecule has 1 aliphatic carbocycles. The lowest BCUT2D eigenvalue weighted by atomic mass is 9.85. The molecule has 1 fully saturated rings. The Kier molecular flexibility index (Phi) is 4.74. The van der Waals surface area contributed by atoms with Gasteiger partial charge < -0.3 is 10.6 Å². The minimum absolute atomic E-state index is 0.368. The molecule has 0 heterocycles. The van der Waals surface area contributed by atoms with Crippen LogP contribution in [-0.4, -0.2) is 43.1 Å². The number of nitrogens with zero attached hydrogens (tertiary/aromatic N) is 1. The van der Waals surface area contributed by atoms with Crippen LogP contribution in [0, 0.1) is 5.41 Å². The van der Waals surface area contributed by atoms with Crippen LogP contribution >= 0.6 is 11.8 Å². The largest absolute Gasteiger partial charge is 0.327 e. The summed E-state index contributed by atoms with van der Waals surface area (Å²) in [6, 6.07) is 0.416. The molecule has 0 amide bonds. The first-order chi connectivity index (χ1) is 6.58. The van der Waals surface area contributed by atoms with Crippen LogP contribution in [0.15, 0.2) is 0 Å². The van der Waals surface area contributed by atoms with Gasteiger partial charge in [0, 0.05) is 24.9 Å². The number of nitrogens with two attached hydrogens (primary N) is 1. The van der Waals surface area contributed by atoms with Crippen molar-refractivity contribution >= 4 is 11.8 Å². The highest BCUT2D eigenvalue weighted by atomic mass is 32.2. The van der Waals surface area contributed by atoms with Crippen LogP contribution in [0.1, 0.15) is 26.2 Å². The Balaban J connectivity index is 2.34. The Morgan fingerprint density at radius 3 is 2.79 bits per heavy atom. The van der Waals surface area contributed by atoms with Gasteiger partial charge in [-0.05, 0) is 31.6 Å². The first kappa shape index (κ1) is 12.3. The van der Waals surface area contributed by atoms with E-state index in [2.05, 4.69) is 25.1 Å². The van der Waals surface area contributed by atoms with Gasteiger partial charge in [0.25, 0.3) is 0 Å². The molecule has 0 aliphatic heterocycles. The van der Waals surface area contributed by atoms with E-state index in [1.165, 1.54) is 31.6 Å². The highest BCUT2D eigenvalue weighted by Gasteiger charge is 2.36. The van der Waals surface area contributed by atoms with Crippen LogP contribution in [0.4, 0.5) is 0 Å². The molecule has 0 radical (unpaired) electrons. The third-order valence-electron chi connectivity index (χ3n) is 3.47. The van der Waals surface area contributed by atoms with Crippen molar-refractivity contribution in [3.8, 4) is 0 Å². The van der Waals surface area contributed by atoms with Crippen molar-refractivity contribution < 1.29 is 0 Å². The van der Waals surface area contributed by atoms with Crippen molar-refractivity contribution in [1.29, 1.82) is 0 Å². The maximum Gasteiger partial charge on any atom is 0.0105 e. The summed E-state index contributed by atoms with van der Waals surface area (Å²) in [5, 5.41) is 0. The van der Waals surface area contributed by atoms with E-state index in [0.29, 0.717) is 11.5 Å². The quantitative estimate of drug-likeness (QED) is 0.760. The Hall–Kier alpha value is 0.270. The van der Waals surface area contributed by atoms with E-state index in [-0.39, 0.29) is 0 Å². The maximum atomic E-state index is 6.16. The van der Waals surface area contributed by atoms with Gasteiger partial charge in [0.1, 0.15) is 0 Å². The van der Waals surface area contributed by atoms with Gasteiger partial charge in [-0.3, -0.25) is 0 Å². The molecule has 1 aliphatic rings. The normalized spacial score (nSPS) is 32.8. The number of hydrogen-bond acceptors (Lipinski definition) is 3. The summed E-state index contributed by atoms with van der Waals surface area (Å²) < 4.78 is 0. The zero-order valence-corrected chi connectivity index (χ0v) is 10.6. The van der Waals surface area contributed by atoms with Gasteiger partial charge in [0.05, 0.1) is 0 Å². The average Bonchev–Trinajstić information content (AvgIpc) is 2.43. The molecule has 0 aromatic carbocycles. The zero-order valence-electron chi connectivity index (χ0n) is 9.75. The van der Waals surface area contributed by atoms with E-state index in [9.17, 15) is 0 Å². The first-order valence-corrected chi connectivity index (χ1v) is 6.91. The second kappa shape index (κ2) is 5.38. The maximum absolute atomic E-state index is 6.16. The molecule has 1 saturated carbocycles. The van der Waals surface area contributed by atoms with E-state index in [0.717, 1.165) is 6.54 Å². The summed E-state index contributed by atoms with van der Waals surface area (Å²) in [6.07, 6.45) is 6.00. The van der Waals surface area contributed by atoms with Crippen molar-refractivity contribution in [2.45, 2.75) is 32.2 Å². The molecule has 2 atom stereocenters. The van der Waals surface area contributed by atoms with Crippen LogP contribution in [0.5, 0.6) is 0 Å². The molecular formula is C11H24N2S. The summed E-state index contributed by atoms with van der Waals surface area (Å²) in [5.74, 6) is 1.22.